The van der Waals surface area contributed by atoms with Crippen molar-refractivity contribution < 1.29 is 0 Å². The van der Waals surface area contributed by atoms with Crippen LogP contribution in [0.2, 0.25) is 0 Å². The lowest BCUT2D eigenvalue weighted by molar-refractivity contribution is 0.570. The first kappa shape index (κ1) is 8.15. The molecule has 0 spiro atoms. The van der Waals surface area contributed by atoms with Gasteiger partial charge in [0, 0.05) is 17.7 Å². The van der Waals surface area contributed by atoms with Gasteiger partial charge in [-0.1, -0.05) is 13.0 Å². The Kier molecular flexibility index (Phi) is 1.90. The standard InChI is InChI=1S/C11H19N/c1-7(2)12-8(3)11-9-5-4-6-10(9)11/h7,9-12H,3-6H2,1-2H3. The number of hydrogen-bond acceptors (Lipinski definition) is 1. The first-order chi connectivity index (χ1) is 5.70. The third-order valence-corrected chi connectivity index (χ3v) is 3.28. The largest absolute Gasteiger partial charge is 0.386 e. The first-order valence-electron chi connectivity index (χ1n) is 5.15. The molecule has 0 bridgehead atoms. The fourth-order valence-corrected chi connectivity index (χ4v) is 2.81. The summed E-state index contributed by atoms with van der Waals surface area (Å²) in [6.45, 7) is 8.50. The summed E-state index contributed by atoms with van der Waals surface area (Å²) in [4.78, 5) is 0. The van der Waals surface area contributed by atoms with E-state index in [1.54, 1.807) is 0 Å². The fraction of sp³-hybridized carbons (Fsp3) is 0.818. The van der Waals surface area contributed by atoms with Gasteiger partial charge in [-0.05, 0) is 38.5 Å². The maximum atomic E-state index is 4.13. The van der Waals surface area contributed by atoms with Crippen LogP contribution >= 0.6 is 0 Å². The van der Waals surface area contributed by atoms with Crippen molar-refractivity contribution in [2.75, 3.05) is 0 Å². The first-order valence-corrected chi connectivity index (χ1v) is 5.15. The van der Waals surface area contributed by atoms with Gasteiger partial charge in [-0.3, -0.25) is 0 Å². The van der Waals surface area contributed by atoms with Crippen LogP contribution in [0.25, 0.3) is 0 Å². The predicted molar refractivity (Wildman–Crippen MR) is 51.7 cm³/mol. The molecular formula is C11H19N. The number of fused-ring (bicyclic) bond motifs is 1. The van der Waals surface area contributed by atoms with Gasteiger partial charge in [-0.2, -0.15) is 0 Å². The van der Waals surface area contributed by atoms with Gasteiger partial charge in [0.15, 0.2) is 0 Å². The van der Waals surface area contributed by atoms with E-state index in [0.29, 0.717) is 6.04 Å². The zero-order valence-electron chi connectivity index (χ0n) is 8.14. The van der Waals surface area contributed by atoms with Crippen LogP contribution in [-0.2, 0) is 0 Å². The second kappa shape index (κ2) is 2.79. The van der Waals surface area contributed by atoms with Crippen LogP contribution in [0.1, 0.15) is 33.1 Å². The molecule has 0 aromatic carbocycles. The van der Waals surface area contributed by atoms with Crippen LogP contribution in [0.5, 0.6) is 0 Å². The second-order valence-electron chi connectivity index (χ2n) is 4.61. The van der Waals surface area contributed by atoms with E-state index in [0.717, 1.165) is 17.8 Å². The molecule has 0 radical (unpaired) electrons. The number of rotatable bonds is 3. The van der Waals surface area contributed by atoms with Gasteiger partial charge in [-0.25, -0.2) is 0 Å². The van der Waals surface area contributed by atoms with Crippen molar-refractivity contribution >= 4 is 0 Å². The van der Waals surface area contributed by atoms with Gasteiger partial charge >= 0.3 is 0 Å². The van der Waals surface area contributed by atoms with Crippen molar-refractivity contribution in [2.24, 2.45) is 17.8 Å². The zero-order valence-corrected chi connectivity index (χ0v) is 8.14. The SMILES string of the molecule is C=C(NC(C)C)C1C2CCCC21. The fourth-order valence-electron chi connectivity index (χ4n) is 2.81. The van der Waals surface area contributed by atoms with E-state index in [2.05, 4.69) is 25.7 Å². The van der Waals surface area contributed by atoms with Crippen LogP contribution in [-0.4, -0.2) is 6.04 Å². The highest BCUT2D eigenvalue weighted by Gasteiger charge is 2.53. The summed E-state index contributed by atoms with van der Waals surface area (Å²) in [5.41, 5.74) is 1.31. The summed E-state index contributed by atoms with van der Waals surface area (Å²) in [5.74, 6) is 2.84. The van der Waals surface area contributed by atoms with Crippen molar-refractivity contribution in [3.63, 3.8) is 0 Å². The Balaban J connectivity index is 1.84. The van der Waals surface area contributed by atoms with Gasteiger partial charge in [0.2, 0.25) is 0 Å². The molecule has 1 heteroatoms. The summed E-state index contributed by atoms with van der Waals surface area (Å²) in [6, 6.07) is 0.554. The third-order valence-electron chi connectivity index (χ3n) is 3.28. The second-order valence-corrected chi connectivity index (χ2v) is 4.61. The minimum atomic E-state index is 0.554. The van der Waals surface area contributed by atoms with Gasteiger partial charge < -0.3 is 5.32 Å². The Morgan fingerprint density at radius 3 is 2.42 bits per heavy atom. The number of allylic oxidation sites excluding steroid dienone is 1. The van der Waals surface area contributed by atoms with Crippen molar-refractivity contribution in [2.45, 2.75) is 39.2 Å². The molecule has 2 aliphatic rings. The van der Waals surface area contributed by atoms with E-state index in [9.17, 15) is 0 Å². The molecule has 12 heavy (non-hydrogen) atoms. The highest BCUT2D eigenvalue weighted by molar-refractivity contribution is 5.17. The lowest BCUT2D eigenvalue weighted by Gasteiger charge is -2.13. The average molecular weight is 165 g/mol. The molecule has 68 valence electrons. The van der Waals surface area contributed by atoms with E-state index in [1.807, 2.05) is 0 Å². The summed E-state index contributed by atoms with van der Waals surface area (Å²) in [6.07, 6.45) is 4.36. The molecule has 0 saturated heterocycles. The van der Waals surface area contributed by atoms with E-state index >= 15 is 0 Å². The Morgan fingerprint density at radius 1 is 1.33 bits per heavy atom. The molecule has 2 fully saturated rings. The summed E-state index contributed by atoms with van der Waals surface area (Å²) >= 11 is 0. The van der Waals surface area contributed by atoms with E-state index < -0.39 is 0 Å². The van der Waals surface area contributed by atoms with Gasteiger partial charge in [0.25, 0.3) is 0 Å². The maximum Gasteiger partial charge on any atom is 0.0201 e. The minimum absolute atomic E-state index is 0.554. The average Bonchev–Trinajstić information content (AvgIpc) is 2.45. The van der Waals surface area contributed by atoms with Crippen LogP contribution in [0, 0.1) is 17.8 Å². The smallest absolute Gasteiger partial charge is 0.0201 e. The van der Waals surface area contributed by atoms with Crippen LogP contribution in [0.15, 0.2) is 12.3 Å². The lowest BCUT2D eigenvalue weighted by Crippen LogP contribution is -2.23. The molecule has 2 atom stereocenters. The highest BCUT2D eigenvalue weighted by atomic mass is 14.9. The van der Waals surface area contributed by atoms with Gasteiger partial charge in [0.1, 0.15) is 0 Å². The topological polar surface area (TPSA) is 12.0 Å². The van der Waals surface area contributed by atoms with Crippen LogP contribution in [0.3, 0.4) is 0 Å². The van der Waals surface area contributed by atoms with Gasteiger partial charge in [0.05, 0.1) is 0 Å². The Bertz CT molecular complexity index is 185. The normalized spacial score (nSPS) is 38.1. The maximum absolute atomic E-state index is 4.13. The molecule has 1 nitrogen and oxygen atoms in total. The van der Waals surface area contributed by atoms with Crippen molar-refractivity contribution in [3.8, 4) is 0 Å². The number of nitrogens with one attached hydrogen (secondary N) is 1. The zero-order chi connectivity index (χ0) is 8.72. The molecule has 0 aliphatic heterocycles. The molecule has 0 aromatic rings. The lowest BCUT2D eigenvalue weighted by atomic mass is 10.1. The summed E-state index contributed by atoms with van der Waals surface area (Å²) in [7, 11) is 0. The quantitative estimate of drug-likeness (QED) is 0.677. The molecule has 2 saturated carbocycles. The van der Waals surface area contributed by atoms with Crippen LogP contribution < -0.4 is 5.32 Å². The van der Waals surface area contributed by atoms with Crippen LogP contribution in [0.4, 0.5) is 0 Å². The number of hydrogen-bond donors (Lipinski definition) is 1. The Morgan fingerprint density at radius 2 is 1.92 bits per heavy atom. The highest BCUT2D eigenvalue weighted by Crippen LogP contribution is 2.59. The van der Waals surface area contributed by atoms with Crippen molar-refractivity contribution in [1.82, 2.24) is 5.32 Å². The van der Waals surface area contributed by atoms with Crippen molar-refractivity contribution in [3.05, 3.63) is 12.3 Å². The molecule has 0 amide bonds. The monoisotopic (exact) mass is 165 g/mol. The van der Waals surface area contributed by atoms with E-state index in [1.165, 1.54) is 25.0 Å². The van der Waals surface area contributed by atoms with Gasteiger partial charge in [-0.15, -0.1) is 0 Å². The molecule has 2 rings (SSSR count). The molecule has 2 unspecified atom stereocenters. The molecule has 1 N–H and O–H groups in total. The Labute approximate surface area is 75.2 Å². The summed E-state index contributed by atoms with van der Waals surface area (Å²) < 4.78 is 0. The Hall–Kier alpha value is -0.460. The summed E-state index contributed by atoms with van der Waals surface area (Å²) in [5, 5.41) is 3.44. The van der Waals surface area contributed by atoms with E-state index in [4.69, 9.17) is 0 Å². The molecule has 0 heterocycles. The molecule has 2 aliphatic carbocycles. The van der Waals surface area contributed by atoms with E-state index in [-0.39, 0.29) is 0 Å². The predicted octanol–water partition coefficient (Wildman–Crippen LogP) is 2.54. The molecular weight excluding hydrogens is 146 g/mol. The minimum Gasteiger partial charge on any atom is -0.386 e. The molecule has 0 aromatic heterocycles. The van der Waals surface area contributed by atoms with Crippen molar-refractivity contribution in [1.29, 1.82) is 0 Å². The third kappa shape index (κ3) is 1.26.